The van der Waals surface area contributed by atoms with Gasteiger partial charge >= 0.3 is 0 Å². The molecule has 0 aromatic carbocycles. The molecular formula is C8H12O3. The predicted molar refractivity (Wildman–Crippen MR) is 42.7 cm³/mol. The van der Waals surface area contributed by atoms with Crippen molar-refractivity contribution in [3.8, 4) is 0 Å². The molecule has 0 bridgehead atoms. The zero-order chi connectivity index (χ0) is 8.85. The molecule has 3 N–H and O–H groups in total. The van der Waals surface area contributed by atoms with Crippen LogP contribution < -0.4 is 0 Å². The Kier molecular flexibility index (Phi) is 4.45. The fraction of sp³-hybridized carbons (Fsp3) is 0.250. The van der Waals surface area contributed by atoms with E-state index in [2.05, 4.69) is 13.2 Å². The molecule has 0 rings (SSSR count). The van der Waals surface area contributed by atoms with Crippen LogP contribution in [-0.2, 0) is 0 Å². The summed E-state index contributed by atoms with van der Waals surface area (Å²) in [5.41, 5.74) is 0.659. The van der Waals surface area contributed by atoms with Crippen LogP contribution in [0.15, 0.2) is 36.5 Å². The summed E-state index contributed by atoms with van der Waals surface area (Å²) in [5.74, 6) is 0. The van der Waals surface area contributed by atoms with Gasteiger partial charge in [-0.05, 0) is 5.57 Å². The second-order valence-electron chi connectivity index (χ2n) is 2.10. The molecule has 0 unspecified atom stereocenters. The highest BCUT2D eigenvalue weighted by atomic mass is 16.5. The van der Waals surface area contributed by atoms with Crippen LogP contribution in [0.25, 0.3) is 0 Å². The fourth-order valence-corrected chi connectivity index (χ4v) is 0.364. The maximum Gasteiger partial charge on any atom is 0.177 e. The Labute approximate surface area is 65.6 Å². The highest BCUT2D eigenvalue weighted by Gasteiger charge is 1.97. The standard InChI is InChI=1S/C8H12O3/c1-6(5-9)3-4-7(2)8(10)11/h3-4,8-11H,1-2,5H2/b4-3-. The average Bonchev–Trinajstić information content (AvgIpc) is 1.99. The Bertz CT molecular complexity index is 180. The molecule has 0 amide bonds. The third-order valence-corrected chi connectivity index (χ3v) is 1.07. The normalized spacial score (nSPS) is 10.9. The number of hydrogen-bond donors (Lipinski definition) is 3. The van der Waals surface area contributed by atoms with E-state index in [1.54, 1.807) is 0 Å². The summed E-state index contributed by atoms with van der Waals surface area (Å²) >= 11 is 0. The molecule has 0 heterocycles. The summed E-state index contributed by atoms with van der Waals surface area (Å²) in [7, 11) is 0. The Balaban J connectivity index is 3.93. The Morgan fingerprint density at radius 2 is 1.82 bits per heavy atom. The lowest BCUT2D eigenvalue weighted by Gasteiger charge is -2.00. The molecular weight excluding hydrogens is 144 g/mol. The average molecular weight is 156 g/mol. The van der Waals surface area contributed by atoms with E-state index in [9.17, 15) is 0 Å². The number of hydrogen-bond acceptors (Lipinski definition) is 3. The van der Waals surface area contributed by atoms with Crippen molar-refractivity contribution in [2.75, 3.05) is 6.61 Å². The van der Waals surface area contributed by atoms with Gasteiger partial charge in [-0.25, -0.2) is 0 Å². The maximum absolute atomic E-state index is 8.52. The molecule has 11 heavy (non-hydrogen) atoms. The predicted octanol–water partition coefficient (Wildman–Crippen LogP) is -0.0420. The van der Waals surface area contributed by atoms with Crippen LogP contribution in [0.3, 0.4) is 0 Å². The number of rotatable bonds is 4. The first kappa shape index (κ1) is 10.1. The van der Waals surface area contributed by atoms with Crippen molar-refractivity contribution in [3.63, 3.8) is 0 Å². The van der Waals surface area contributed by atoms with Crippen molar-refractivity contribution < 1.29 is 15.3 Å². The zero-order valence-electron chi connectivity index (χ0n) is 6.20. The third-order valence-electron chi connectivity index (χ3n) is 1.07. The van der Waals surface area contributed by atoms with Crippen LogP contribution in [0.1, 0.15) is 0 Å². The van der Waals surface area contributed by atoms with Crippen molar-refractivity contribution in [1.29, 1.82) is 0 Å². The smallest absolute Gasteiger partial charge is 0.177 e. The molecule has 62 valence electrons. The summed E-state index contributed by atoms with van der Waals surface area (Å²) in [6.45, 7) is 6.67. The Morgan fingerprint density at radius 3 is 2.18 bits per heavy atom. The molecule has 3 nitrogen and oxygen atoms in total. The van der Waals surface area contributed by atoms with Crippen LogP contribution in [0.2, 0.25) is 0 Å². The van der Waals surface area contributed by atoms with Gasteiger partial charge in [-0.2, -0.15) is 0 Å². The Hall–Kier alpha value is -0.900. The molecule has 0 aliphatic carbocycles. The first-order chi connectivity index (χ1) is 5.07. The van der Waals surface area contributed by atoms with Crippen molar-refractivity contribution in [2.45, 2.75) is 6.29 Å². The summed E-state index contributed by atoms with van der Waals surface area (Å²) in [5, 5.41) is 25.5. The van der Waals surface area contributed by atoms with Gasteiger partial charge in [0.05, 0.1) is 6.61 Å². The van der Waals surface area contributed by atoms with E-state index < -0.39 is 6.29 Å². The quantitative estimate of drug-likeness (QED) is 0.395. The van der Waals surface area contributed by atoms with Gasteiger partial charge in [-0.15, -0.1) is 0 Å². The molecule has 0 aliphatic rings. The van der Waals surface area contributed by atoms with E-state index in [0.29, 0.717) is 5.57 Å². The molecule has 0 radical (unpaired) electrons. The molecule has 0 aromatic rings. The second kappa shape index (κ2) is 4.85. The number of aliphatic hydroxyl groups excluding tert-OH is 2. The topological polar surface area (TPSA) is 60.7 Å². The van der Waals surface area contributed by atoms with E-state index in [-0.39, 0.29) is 12.2 Å². The molecule has 0 fully saturated rings. The number of aliphatic hydroxyl groups is 3. The van der Waals surface area contributed by atoms with Gasteiger partial charge in [-0.3, -0.25) is 0 Å². The summed E-state index contributed by atoms with van der Waals surface area (Å²) in [4.78, 5) is 0. The van der Waals surface area contributed by atoms with Crippen LogP contribution in [0.5, 0.6) is 0 Å². The molecule has 0 aromatic heterocycles. The van der Waals surface area contributed by atoms with Gasteiger partial charge in [0, 0.05) is 5.57 Å². The largest absolute Gasteiger partial charge is 0.392 e. The van der Waals surface area contributed by atoms with Gasteiger partial charge in [0.15, 0.2) is 6.29 Å². The van der Waals surface area contributed by atoms with Gasteiger partial charge in [0.2, 0.25) is 0 Å². The SMILES string of the molecule is C=C(/C=C\C(=C)C(O)O)CO. The molecule has 0 saturated heterocycles. The first-order valence-corrected chi connectivity index (χ1v) is 3.09. The molecule has 3 heteroatoms. The summed E-state index contributed by atoms with van der Waals surface area (Å²) in [6.07, 6.45) is 1.32. The zero-order valence-corrected chi connectivity index (χ0v) is 6.20. The van der Waals surface area contributed by atoms with E-state index >= 15 is 0 Å². The van der Waals surface area contributed by atoms with Gasteiger partial charge in [0.1, 0.15) is 0 Å². The van der Waals surface area contributed by atoms with Crippen LogP contribution >= 0.6 is 0 Å². The van der Waals surface area contributed by atoms with Gasteiger partial charge < -0.3 is 15.3 Å². The summed E-state index contributed by atoms with van der Waals surface area (Å²) in [6, 6.07) is 0. The monoisotopic (exact) mass is 156 g/mol. The minimum absolute atomic E-state index is 0.148. The molecule has 0 spiro atoms. The molecule has 0 atom stereocenters. The highest BCUT2D eigenvalue weighted by Crippen LogP contribution is 2.00. The van der Waals surface area contributed by atoms with Crippen molar-refractivity contribution in [2.24, 2.45) is 0 Å². The van der Waals surface area contributed by atoms with Crippen LogP contribution in [-0.4, -0.2) is 28.2 Å². The fourth-order valence-electron chi connectivity index (χ4n) is 0.364. The van der Waals surface area contributed by atoms with Crippen LogP contribution in [0.4, 0.5) is 0 Å². The van der Waals surface area contributed by atoms with Crippen LogP contribution in [0, 0.1) is 0 Å². The van der Waals surface area contributed by atoms with E-state index in [0.717, 1.165) is 0 Å². The third kappa shape index (κ3) is 4.50. The lowest BCUT2D eigenvalue weighted by Crippen LogP contribution is -2.04. The first-order valence-electron chi connectivity index (χ1n) is 3.09. The van der Waals surface area contributed by atoms with Crippen molar-refractivity contribution >= 4 is 0 Å². The minimum atomic E-state index is -1.54. The summed E-state index contributed by atoms with van der Waals surface area (Å²) < 4.78 is 0. The van der Waals surface area contributed by atoms with Gasteiger partial charge in [0.25, 0.3) is 0 Å². The minimum Gasteiger partial charge on any atom is -0.392 e. The van der Waals surface area contributed by atoms with E-state index in [1.807, 2.05) is 0 Å². The van der Waals surface area contributed by atoms with Gasteiger partial charge in [-0.1, -0.05) is 25.3 Å². The lowest BCUT2D eigenvalue weighted by molar-refractivity contribution is -0.00448. The van der Waals surface area contributed by atoms with E-state index in [1.165, 1.54) is 12.2 Å². The second-order valence-corrected chi connectivity index (χ2v) is 2.10. The Morgan fingerprint density at radius 1 is 1.27 bits per heavy atom. The van der Waals surface area contributed by atoms with E-state index in [4.69, 9.17) is 15.3 Å². The van der Waals surface area contributed by atoms with Crippen molar-refractivity contribution in [3.05, 3.63) is 36.5 Å². The highest BCUT2D eigenvalue weighted by molar-refractivity contribution is 5.25. The van der Waals surface area contributed by atoms with Crippen molar-refractivity contribution in [1.82, 2.24) is 0 Å². The lowest BCUT2D eigenvalue weighted by atomic mass is 10.2. The molecule has 0 aliphatic heterocycles. The maximum atomic E-state index is 8.52. The molecule has 0 saturated carbocycles.